The fourth-order valence-electron chi connectivity index (χ4n) is 1.33. The van der Waals surface area contributed by atoms with Crippen LogP contribution in [0.25, 0.3) is 0 Å². The summed E-state index contributed by atoms with van der Waals surface area (Å²) in [6.45, 7) is 4.23. The molecule has 1 aromatic carbocycles. The van der Waals surface area contributed by atoms with Crippen LogP contribution in [0, 0.1) is 0 Å². The third kappa shape index (κ3) is 7.34. The van der Waals surface area contributed by atoms with Crippen molar-refractivity contribution < 1.29 is 4.74 Å². The van der Waals surface area contributed by atoms with Crippen molar-refractivity contribution in [1.29, 1.82) is 0 Å². The van der Waals surface area contributed by atoms with Gasteiger partial charge >= 0.3 is 0 Å². The molecule has 0 aromatic heterocycles. The van der Waals surface area contributed by atoms with Crippen molar-refractivity contribution in [2.45, 2.75) is 6.54 Å². The number of benzene rings is 1. The van der Waals surface area contributed by atoms with Crippen LogP contribution in [0.2, 0.25) is 5.02 Å². The average Bonchev–Trinajstić information content (AvgIpc) is 2.30. The molecule has 0 saturated carbocycles. The molecule has 1 aromatic rings. The molecule has 0 bridgehead atoms. The fourth-order valence-corrected chi connectivity index (χ4v) is 1.45. The van der Waals surface area contributed by atoms with E-state index >= 15 is 0 Å². The summed E-state index contributed by atoms with van der Waals surface area (Å²) in [5.41, 5.74) is 1.24. The zero-order chi connectivity index (χ0) is 12.5. The molecule has 0 atom stereocenters. The zero-order valence-corrected chi connectivity index (χ0v) is 11.3. The number of nitrogens with zero attached hydrogens (tertiary/aromatic N) is 1. The minimum Gasteiger partial charge on any atom is -0.379 e. The number of nitrogens with one attached hydrogen (secondary N) is 1. The summed E-state index contributed by atoms with van der Waals surface area (Å²) in [6.07, 6.45) is 0. The van der Waals surface area contributed by atoms with Crippen LogP contribution in [0.15, 0.2) is 24.3 Å². The molecule has 0 radical (unpaired) electrons. The van der Waals surface area contributed by atoms with Gasteiger partial charge in [0.1, 0.15) is 0 Å². The first-order valence-electron chi connectivity index (χ1n) is 5.86. The van der Waals surface area contributed by atoms with Crippen LogP contribution in [0.3, 0.4) is 0 Å². The standard InChI is InChI=1S/C13H21ClN2O/c1-16(2)8-10-17-9-7-15-11-12-3-5-13(14)6-4-12/h3-6,15H,7-11H2,1-2H3. The molecule has 0 amide bonds. The molecule has 4 heteroatoms. The van der Waals surface area contributed by atoms with Gasteiger partial charge in [-0.25, -0.2) is 0 Å². The summed E-state index contributed by atoms with van der Waals surface area (Å²) in [7, 11) is 4.09. The predicted molar refractivity (Wildman–Crippen MR) is 72.5 cm³/mol. The van der Waals surface area contributed by atoms with Crippen LogP contribution in [-0.4, -0.2) is 45.3 Å². The summed E-state index contributed by atoms with van der Waals surface area (Å²) in [5.74, 6) is 0. The van der Waals surface area contributed by atoms with Crippen molar-refractivity contribution in [3.8, 4) is 0 Å². The molecule has 96 valence electrons. The Labute approximate surface area is 109 Å². The highest BCUT2D eigenvalue weighted by Crippen LogP contribution is 2.08. The molecule has 0 saturated heterocycles. The van der Waals surface area contributed by atoms with Crippen molar-refractivity contribution in [2.75, 3.05) is 40.4 Å². The first-order chi connectivity index (χ1) is 8.18. The van der Waals surface area contributed by atoms with Gasteiger partial charge in [0.15, 0.2) is 0 Å². The molecular weight excluding hydrogens is 236 g/mol. The second-order valence-electron chi connectivity index (χ2n) is 4.22. The summed E-state index contributed by atoms with van der Waals surface area (Å²) in [4.78, 5) is 2.11. The Kier molecular flexibility index (Phi) is 7.21. The van der Waals surface area contributed by atoms with Crippen molar-refractivity contribution in [3.63, 3.8) is 0 Å². The first-order valence-corrected chi connectivity index (χ1v) is 6.24. The normalized spacial score (nSPS) is 11.1. The van der Waals surface area contributed by atoms with Gasteiger partial charge in [-0.3, -0.25) is 0 Å². The van der Waals surface area contributed by atoms with Gasteiger partial charge in [-0.2, -0.15) is 0 Å². The molecule has 3 nitrogen and oxygen atoms in total. The average molecular weight is 257 g/mol. The van der Waals surface area contributed by atoms with Gasteiger partial charge in [0.05, 0.1) is 13.2 Å². The highest BCUT2D eigenvalue weighted by Gasteiger charge is 1.94. The quantitative estimate of drug-likeness (QED) is 0.720. The number of ether oxygens (including phenoxy) is 1. The van der Waals surface area contributed by atoms with Gasteiger partial charge < -0.3 is 15.0 Å². The number of hydrogen-bond acceptors (Lipinski definition) is 3. The van der Waals surface area contributed by atoms with E-state index in [9.17, 15) is 0 Å². The van der Waals surface area contributed by atoms with Crippen molar-refractivity contribution in [1.82, 2.24) is 10.2 Å². The van der Waals surface area contributed by atoms with E-state index in [1.165, 1.54) is 5.56 Å². The third-order valence-corrected chi connectivity index (χ3v) is 2.60. The maximum Gasteiger partial charge on any atom is 0.0593 e. The Balaban J connectivity index is 1.99. The second-order valence-corrected chi connectivity index (χ2v) is 4.66. The SMILES string of the molecule is CN(C)CCOCCNCc1ccc(Cl)cc1. The Bertz CT molecular complexity index is 301. The highest BCUT2D eigenvalue weighted by molar-refractivity contribution is 6.30. The van der Waals surface area contributed by atoms with Crippen LogP contribution in [0.1, 0.15) is 5.56 Å². The van der Waals surface area contributed by atoms with E-state index in [1.54, 1.807) is 0 Å². The van der Waals surface area contributed by atoms with E-state index in [0.29, 0.717) is 0 Å². The lowest BCUT2D eigenvalue weighted by Gasteiger charge is -2.10. The monoisotopic (exact) mass is 256 g/mol. The molecule has 0 aliphatic rings. The van der Waals surface area contributed by atoms with E-state index in [2.05, 4.69) is 10.2 Å². The lowest BCUT2D eigenvalue weighted by molar-refractivity contribution is 0.119. The van der Waals surface area contributed by atoms with Crippen molar-refractivity contribution in [2.24, 2.45) is 0 Å². The highest BCUT2D eigenvalue weighted by atomic mass is 35.5. The maximum atomic E-state index is 5.81. The smallest absolute Gasteiger partial charge is 0.0593 e. The Hall–Kier alpha value is -0.610. The van der Waals surface area contributed by atoms with Crippen LogP contribution in [0.5, 0.6) is 0 Å². The van der Waals surface area contributed by atoms with E-state index in [-0.39, 0.29) is 0 Å². The lowest BCUT2D eigenvalue weighted by Crippen LogP contribution is -2.23. The van der Waals surface area contributed by atoms with Gasteiger partial charge in [0.25, 0.3) is 0 Å². The van der Waals surface area contributed by atoms with Gasteiger partial charge in [-0.1, -0.05) is 23.7 Å². The molecule has 1 N–H and O–H groups in total. The molecule has 0 fully saturated rings. The summed E-state index contributed by atoms with van der Waals surface area (Å²) >= 11 is 5.81. The topological polar surface area (TPSA) is 24.5 Å². The van der Waals surface area contributed by atoms with Crippen molar-refractivity contribution in [3.05, 3.63) is 34.9 Å². The predicted octanol–water partition coefficient (Wildman–Crippen LogP) is 2.01. The minimum absolute atomic E-state index is 0.751. The van der Waals surface area contributed by atoms with Gasteiger partial charge in [0, 0.05) is 24.7 Å². The second kappa shape index (κ2) is 8.48. The van der Waals surface area contributed by atoms with Gasteiger partial charge in [-0.15, -0.1) is 0 Å². The summed E-state index contributed by atoms with van der Waals surface area (Å²) < 4.78 is 5.48. The van der Waals surface area contributed by atoms with E-state index in [4.69, 9.17) is 16.3 Å². The van der Waals surface area contributed by atoms with Crippen LogP contribution in [0.4, 0.5) is 0 Å². The molecule has 0 spiro atoms. The van der Waals surface area contributed by atoms with Crippen molar-refractivity contribution >= 4 is 11.6 Å². The Morgan fingerprint density at radius 2 is 1.88 bits per heavy atom. The number of rotatable bonds is 8. The van der Waals surface area contributed by atoms with E-state index in [1.807, 2.05) is 38.4 Å². The first kappa shape index (κ1) is 14.5. The zero-order valence-electron chi connectivity index (χ0n) is 10.6. The molecule has 0 aliphatic heterocycles. The third-order valence-electron chi connectivity index (χ3n) is 2.35. The fraction of sp³-hybridized carbons (Fsp3) is 0.538. The van der Waals surface area contributed by atoms with Crippen LogP contribution in [-0.2, 0) is 11.3 Å². The van der Waals surface area contributed by atoms with Gasteiger partial charge in [-0.05, 0) is 31.8 Å². The summed E-state index contributed by atoms with van der Waals surface area (Å²) in [5, 5.41) is 4.11. The Morgan fingerprint density at radius 3 is 2.53 bits per heavy atom. The molecule has 1 rings (SSSR count). The lowest BCUT2D eigenvalue weighted by atomic mass is 10.2. The van der Waals surface area contributed by atoms with E-state index < -0.39 is 0 Å². The minimum atomic E-state index is 0.751. The van der Waals surface area contributed by atoms with Crippen LogP contribution < -0.4 is 5.32 Å². The Morgan fingerprint density at radius 1 is 1.18 bits per heavy atom. The largest absolute Gasteiger partial charge is 0.379 e. The number of halogens is 1. The van der Waals surface area contributed by atoms with Crippen LogP contribution >= 0.6 is 11.6 Å². The number of likely N-dealkylation sites (N-methyl/N-ethyl adjacent to an activating group) is 1. The molecule has 0 aliphatic carbocycles. The van der Waals surface area contributed by atoms with Gasteiger partial charge in [0.2, 0.25) is 0 Å². The number of hydrogen-bond donors (Lipinski definition) is 1. The molecule has 0 heterocycles. The van der Waals surface area contributed by atoms with E-state index in [0.717, 1.165) is 37.9 Å². The molecule has 0 unspecified atom stereocenters. The maximum absolute atomic E-state index is 5.81. The molecular formula is C13H21ClN2O. The summed E-state index contributed by atoms with van der Waals surface area (Å²) in [6, 6.07) is 7.88. The molecule has 17 heavy (non-hydrogen) atoms.